The highest BCUT2D eigenvalue weighted by Crippen LogP contribution is 2.37. The fraction of sp³-hybridized carbons (Fsp3) is 0.500. The van der Waals surface area contributed by atoms with E-state index >= 15 is 0 Å². The zero-order chi connectivity index (χ0) is 56.7. The van der Waals surface area contributed by atoms with Gasteiger partial charge in [0.25, 0.3) is 0 Å². The Bertz CT molecular complexity index is 3080. The Morgan fingerprint density at radius 3 is 1.56 bits per heavy atom. The van der Waals surface area contributed by atoms with E-state index in [9.17, 15) is 9.59 Å². The highest BCUT2D eigenvalue weighted by molar-refractivity contribution is 6.61. The largest absolute Gasteiger partial charge is 0.514 e. The topological polar surface area (TPSA) is 170 Å². The molecule has 9 heterocycles. The number of nitrogens with zero attached hydrogens (tertiary/aromatic N) is 10. The molecular weight excluding hydrogens is 1030 g/mol. The van der Waals surface area contributed by atoms with Crippen molar-refractivity contribution in [3.8, 4) is 33.6 Å². The third-order valence-electron chi connectivity index (χ3n) is 16.6. The van der Waals surface area contributed by atoms with Crippen LogP contribution in [0.3, 0.4) is 0 Å². The van der Waals surface area contributed by atoms with Crippen LogP contribution in [0.2, 0.25) is 5.15 Å². The molecular formula is C60H80BClN12O6. The first-order valence-corrected chi connectivity index (χ1v) is 28.7. The first-order valence-electron chi connectivity index (χ1n) is 28.4. The van der Waals surface area contributed by atoms with E-state index in [1.54, 1.807) is 18.9 Å². The number of imidazole rings is 2. The van der Waals surface area contributed by atoms with E-state index < -0.39 is 0 Å². The van der Waals surface area contributed by atoms with Gasteiger partial charge in [-0.25, -0.2) is 29.5 Å². The molecule has 18 nitrogen and oxygen atoms in total. The molecule has 5 aliphatic rings. The van der Waals surface area contributed by atoms with Crippen molar-refractivity contribution in [2.45, 2.75) is 92.3 Å². The molecule has 0 unspecified atom stereocenters. The first kappa shape index (κ1) is 58.2. The molecule has 4 amide bonds. The fourth-order valence-electron chi connectivity index (χ4n) is 10.6. The summed E-state index contributed by atoms with van der Waals surface area (Å²) >= 11 is 6.36. The fourth-order valence-corrected chi connectivity index (χ4v) is 10.8. The first-order chi connectivity index (χ1) is 38.4. The second-order valence-corrected chi connectivity index (χ2v) is 23.1. The lowest BCUT2D eigenvalue weighted by atomic mass is 9.85. The quantitative estimate of drug-likeness (QED) is 0.0985. The second-order valence-electron chi connectivity index (χ2n) is 22.7. The van der Waals surface area contributed by atoms with E-state index in [1.165, 1.54) is 0 Å². The van der Waals surface area contributed by atoms with Gasteiger partial charge >= 0.3 is 19.2 Å². The van der Waals surface area contributed by atoms with Crippen LogP contribution in [0, 0.1) is 25.7 Å². The lowest BCUT2D eigenvalue weighted by molar-refractivity contribution is 0.00578. The Balaban J connectivity index is 0.000000156. The van der Waals surface area contributed by atoms with Gasteiger partial charge in [-0.15, -0.1) is 0 Å². The van der Waals surface area contributed by atoms with Crippen LogP contribution in [-0.2, 0) is 32.9 Å². The number of halogens is 1. The lowest BCUT2D eigenvalue weighted by Crippen LogP contribution is -2.41. The molecule has 5 fully saturated rings. The molecule has 4 aromatic heterocycles. The summed E-state index contributed by atoms with van der Waals surface area (Å²) in [6.45, 7) is 26.1. The number of hydrogen-bond acceptors (Lipinski definition) is 12. The van der Waals surface area contributed by atoms with Gasteiger partial charge in [-0.05, 0) is 148 Å². The van der Waals surface area contributed by atoms with Gasteiger partial charge in [-0.2, -0.15) is 0 Å². The van der Waals surface area contributed by atoms with Crippen molar-refractivity contribution in [2.75, 3.05) is 99.2 Å². The summed E-state index contributed by atoms with van der Waals surface area (Å²) in [5, 5.41) is 6.66. The molecule has 11 rings (SSSR count). The van der Waals surface area contributed by atoms with Crippen molar-refractivity contribution in [1.82, 2.24) is 38.9 Å². The van der Waals surface area contributed by atoms with Gasteiger partial charge in [-0.1, -0.05) is 50.4 Å². The number of carbonyl (C=O) groups excluding carboxylic acids is 2. The van der Waals surface area contributed by atoms with E-state index in [0.29, 0.717) is 43.4 Å². The summed E-state index contributed by atoms with van der Waals surface area (Å²) in [6.07, 6.45) is 11.6. The number of amides is 4. The molecule has 5 saturated heterocycles. The zero-order valence-corrected chi connectivity index (χ0v) is 49.2. The minimum atomic E-state index is -0.317. The number of urea groups is 2. The molecule has 2 N–H and O–H groups in total. The number of aryl methyl sites for hydroxylation is 4. The van der Waals surface area contributed by atoms with Crippen LogP contribution < -0.4 is 26.0 Å². The third-order valence-corrected chi connectivity index (χ3v) is 16.8. The number of morpholine rings is 2. The van der Waals surface area contributed by atoms with E-state index in [4.69, 9.17) is 35.4 Å². The predicted molar refractivity (Wildman–Crippen MR) is 319 cm³/mol. The Labute approximate surface area is 477 Å². The van der Waals surface area contributed by atoms with E-state index in [-0.39, 0.29) is 30.4 Å². The Hall–Kier alpha value is -6.51. The van der Waals surface area contributed by atoms with Crippen LogP contribution in [-0.4, -0.2) is 148 Å². The summed E-state index contributed by atoms with van der Waals surface area (Å²) in [4.78, 5) is 51.7. The molecule has 2 aromatic carbocycles. The molecule has 0 bridgehead atoms. The summed E-state index contributed by atoms with van der Waals surface area (Å²) in [5.74, 6) is 3.01. The van der Waals surface area contributed by atoms with Crippen molar-refractivity contribution in [1.29, 1.82) is 0 Å². The van der Waals surface area contributed by atoms with Gasteiger partial charge in [-0.3, -0.25) is 0 Å². The van der Waals surface area contributed by atoms with Crippen LogP contribution in [0.25, 0.3) is 33.6 Å². The number of likely N-dealkylation sites (tertiary alicyclic amines) is 2. The average Bonchev–Trinajstić information content (AvgIpc) is 4.40. The van der Waals surface area contributed by atoms with Crippen molar-refractivity contribution < 1.29 is 28.4 Å². The van der Waals surface area contributed by atoms with Crippen molar-refractivity contribution in [3.63, 3.8) is 0 Å². The van der Waals surface area contributed by atoms with E-state index in [0.717, 1.165) is 151 Å². The average molecular weight is 1110 g/mol. The van der Waals surface area contributed by atoms with Crippen LogP contribution in [0.5, 0.6) is 0 Å². The number of rotatable bonds is 10. The number of ether oxygens (including phenoxy) is 2. The Morgan fingerprint density at radius 1 is 0.637 bits per heavy atom. The van der Waals surface area contributed by atoms with Crippen LogP contribution in [0.15, 0.2) is 85.7 Å². The standard InChI is InChI=1S/C27H34N6O2.C23H29ClN4O2.C10H17BN2O2/c1-4-20-7-8-33(17-20)27(34)29-22-6-5-19(2)23(15-22)21-13-24(25-16-28-18-31(25)3)30-26(14-21)32-9-11-35-12-10-32;1-3-17-6-7-28(15-17)23(29)25-19-5-4-16(2)20(14-19)18-12-21(24)26-22(13-18)27-8-10-30-11-9-27;1-9(2)10(3,4)15-11(14-9)8-6-12-7-13(8)5/h5-6,13-16,18,20H,4,7-12,17H2,1-3H3,(H,29,34);4-5,12-14,17H,3,6-11,15H2,1-2H3,(H,25,29);6-7H,1-5H3/t20-;17-;/m11./s1. The number of hydrogen-bond donors (Lipinski definition) is 2. The molecule has 5 aliphatic heterocycles. The predicted octanol–water partition coefficient (Wildman–Crippen LogP) is 10.1. The SMILES string of the molecule is CC[C@@H]1CCN(C(=O)Nc2ccc(C)c(-c3cc(-c4cncn4C)nc(N4CCOCC4)c3)c2)C1.CC[C@@H]1CCN(C(=O)Nc2ccc(C)c(-c3cc(Cl)nc(N4CCOCC4)c3)c2)C1.Cn1cncc1B1OC(C)(C)C(C)(C)O1. The highest BCUT2D eigenvalue weighted by atomic mass is 35.5. The smallest absolute Gasteiger partial charge is 0.398 e. The van der Waals surface area contributed by atoms with Crippen LogP contribution in [0.4, 0.5) is 32.6 Å². The monoisotopic (exact) mass is 1110 g/mol. The molecule has 0 saturated carbocycles. The Kier molecular flexibility index (Phi) is 18.6. The summed E-state index contributed by atoms with van der Waals surface area (Å²) < 4.78 is 26.7. The number of carbonyl (C=O) groups is 2. The lowest BCUT2D eigenvalue weighted by Gasteiger charge is -2.32. The summed E-state index contributed by atoms with van der Waals surface area (Å²) in [7, 11) is 3.60. The maximum absolute atomic E-state index is 12.9. The number of aromatic nitrogens is 6. The number of pyridine rings is 2. The third kappa shape index (κ3) is 13.8. The minimum absolute atomic E-state index is 0.0185. The highest BCUT2D eigenvalue weighted by Gasteiger charge is 2.52. The van der Waals surface area contributed by atoms with Crippen LogP contribution >= 0.6 is 11.6 Å². The molecule has 426 valence electrons. The molecule has 80 heavy (non-hydrogen) atoms. The van der Waals surface area contributed by atoms with Gasteiger partial charge in [0.15, 0.2) is 0 Å². The normalized spacial score (nSPS) is 19.6. The molecule has 0 radical (unpaired) electrons. The zero-order valence-electron chi connectivity index (χ0n) is 48.4. The minimum Gasteiger partial charge on any atom is -0.398 e. The molecule has 20 heteroatoms. The second kappa shape index (κ2) is 25.5. The molecule has 0 spiro atoms. The van der Waals surface area contributed by atoms with E-state index in [1.807, 2.05) is 97.3 Å². The molecule has 0 aliphatic carbocycles. The summed E-state index contributed by atoms with van der Waals surface area (Å²) in [5.41, 5.74) is 10.3. The van der Waals surface area contributed by atoms with Crippen molar-refractivity contribution >= 4 is 59.4 Å². The van der Waals surface area contributed by atoms with Gasteiger partial charge < -0.3 is 58.1 Å². The van der Waals surface area contributed by atoms with E-state index in [2.05, 4.69) is 93.4 Å². The van der Waals surface area contributed by atoms with Crippen molar-refractivity contribution in [2.24, 2.45) is 25.9 Å². The number of anilines is 4. The number of benzene rings is 2. The van der Waals surface area contributed by atoms with Gasteiger partial charge in [0.05, 0.1) is 73.5 Å². The number of nitrogens with one attached hydrogen (secondary N) is 2. The van der Waals surface area contributed by atoms with Gasteiger partial charge in [0, 0.05) is 84.0 Å². The maximum atomic E-state index is 12.9. The maximum Gasteiger partial charge on any atom is 0.514 e. The van der Waals surface area contributed by atoms with Gasteiger partial charge in [0.2, 0.25) is 0 Å². The van der Waals surface area contributed by atoms with Gasteiger partial charge in [0.1, 0.15) is 16.8 Å². The molecule has 2 atom stereocenters. The molecule has 6 aromatic rings. The summed E-state index contributed by atoms with van der Waals surface area (Å²) in [6, 6.07) is 20.3. The Morgan fingerprint density at radius 2 is 1.11 bits per heavy atom. The van der Waals surface area contributed by atoms with Crippen molar-refractivity contribution in [3.05, 3.63) is 102 Å². The van der Waals surface area contributed by atoms with Crippen LogP contribution in [0.1, 0.15) is 78.4 Å².